The van der Waals surface area contributed by atoms with Gasteiger partial charge in [-0.2, -0.15) is 0 Å². The molecule has 1 heterocycles. The van der Waals surface area contributed by atoms with Crippen LogP contribution in [0.2, 0.25) is 0 Å². The van der Waals surface area contributed by atoms with Crippen LogP contribution in [0, 0.1) is 0 Å². The molecule has 1 aromatic rings. The van der Waals surface area contributed by atoms with Gasteiger partial charge in [-0.15, -0.1) is 0 Å². The van der Waals surface area contributed by atoms with Gasteiger partial charge < -0.3 is 19.3 Å². The minimum absolute atomic E-state index is 0.245. The molecule has 0 aliphatic carbocycles. The second-order valence-corrected chi connectivity index (χ2v) is 4.87. The third-order valence-corrected chi connectivity index (χ3v) is 2.49. The van der Waals surface area contributed by atoms with Gasteiger partial charge in [-0.3, -0.25) is 0 Å². The van der Waals surface area contributed by atoms with E-state index in [2.05, 4.69) is 30.2 Å². The van der Waals surface area contributed by atoms with E-state index in [9.17, 15) is 9.90 Å². The molecule has 0 bridgehead atoms. The molecule has 0 radical (unpaired) electrons. The number of hydrogen-bond acceptors (Lipinski definition) is 5. The highest BCUT2D eigenvalue weighted by Crippen LogP contribution is 2.29. The van der Waals surface area contributed by atoms with Gasteiger partial charge in [0.15, 0.2) is 0 Å². The van der Waals surface area contributed by atoms with E-state index in [4.69, 9.17) is 4.74 Å². The van der Waals surface area contributed by atoms with E-state index in [-0.39, 0.29) is 5.97 Å². The molecule has 1 N–H and O–H groups in total. The average molecular weight is 310 g/mol. The zero-order chi connectivity index (χ0) is 17.0. The topological polar surface area (TPSA) is 65.0 Å². The molecule has 0 unspecified atom stereocenters. The lowest BCUT2D eigenvalue weighted by molar-refractivity contribution is -0.136. The Kier molecular flexibility index (Phi) is 10.6. The number of esters is 1. The number of hydrogen-bond donors (Lipinski definition) is 1. The van der Waals surface area contributed by atoms with Crippen LogP contribution in [0.3, 0.4) is 0 Å². The van der Waals surface area contributed by atoms with Crippen molar-refractivity contribution in [1.29, 1.82) is 0 Å². The second kappa shape index (κ2) is 11.6. The number of phenols is 1. The molecule has 0 saturated carbocycles. The number of carbonyl (C=O) groups is 1. The highest BCUT2D eigenvalue weighted by atomic mass is 16.5. The maximum atomic E-state index is 9.68. The standard InChI is InChI=1S/C12H18O2.C3H2O2.C2H6O/c1-4-7-14-10-5-6-11(9(2)3)12(13)8-10;4-3-1-2-5-3;1-3-2/h5-6,8-9,13H,4,7H2,1-3H3;1-2H;1-2H3. The molecule has 0 atom stereocenters. The lowest BCUT2D eigenvalue weighted by atomic mass is 10.0. The number of methoxy groups -OCH3 is 1. The van der Waals surface area contributed by atoms with Crippen LogP contribution in [0.5, 0.6) is 11.5 Å². The van der Waals surface area contributed by atoms with E-state index in [1.807, 2.05) is 12.1 Å². The van der Waals surface area contributed by atoms with Gasteiger partial charge in [0.05, 0.1) is 12.7 Å². The second-order valence-electron chi connectivity index (χ2n) is 4.87. The lowest BCUT2D eigenvalue weighted by Gasteiger charge is -2.10. The SMILES string of the molecule is CCCOc1ccc(C(C)C)c(O)c1.COC.O=C1C=CO1. The number of ether oxygens (including phenoxy) is 3. The summed E-state index contributed by atoms with van der Waals surface area (Å²) in [5, 5.41) is 9.68. The van der Waals surface area contributed by atoms with Crippen molar-refractivity contribution < 1.29 is 24.1 Å². The zero-order valence-electron chi connectivity index (χ0n) is 14.0. The molecule has 1 aliphatic heterocycles. The molecule has 5 nitrogen and oxygen atoms in total. The van der Waals surface area contributed by atoms with Crippen LogP contribution in [0.1, 0.15) is 38.7 Å². The summed E-state index contributed by atoms with van der Waals surface area (Å²) in [5.41, 5.74) is 0.967. The van der Waals surface area contributed by atoms with Crippen LogP contribution in [0.4, 0.5) is 0 Å². The Hall–Kier alpha value is -2.01. The average Bonchev–Trinajstić information content (AvgIpc) is 2.44. The van der Waals surface area contributed by atoms with Gasteiger partial charge in [0.2, 0.25) is 0 Å². The van der Waals surface area contributed by atoms with E-state index in [0.29, 0.717) is 18.3 Å². The zero-order valence-corrected chi connectivity index (χ0v) is 14.0. The summed E-state index contributed by atoms with van der Waals surface area (Å²) < 4.78 is 13.8. The molecule has 1 aliphatic rings. The molecular formula is C17H26O5. The molecule has 1 aromatic carbocycles. The number of cyclic esters (lactones) is 1. The largest absolute Gasteiger partial charge is 0.508 e. The summed E-state index contributed by atoms with van der Waals surface area (Å²) in [4.78, 5) is 9.59. The Morgan fingerprint density at radius 1 is 1.27 bits per heavy atom. The first-order chi connectivity index (χ1) is 10.5. The normalized spacial score (nSPS) is 11.5. The van der Waals surface area contributed by atoms with Crippen molar-refractivity contribution in [3.8, 4) is 11.5 Å². The fourth-order valence-corrected chi connectivity index (χ4v) is 1.44. The summed E-state index contributed by atoms with van der Waals surface area (Å²) in [6.07, 6.45) is 3.69. The van der Waals surface area contributed by atoms with E-state index in [1.165, 1.54) is 12.3 Å². The van der Waals surface area contributed by atoms with Crippen LogP contribution >= 0.6 is 0 Å². The monoisotopic (exact) mass is 310 g/mol. The van der Waals surface area contributed by atoms with Gasteiger partial charge in [-0.05, 0) is 24.0 Å². The fraction of sp³-hybridized carbons (Fsp3) is 0.471. The molecule has 124 valence electrons. The van der Waals surface area contributed by atoms with E-state index in [1.54, 1.807) is 20.3 Å². The molecule has 0 aromatic heterocycles. The minimum Gasteiger partial charge on any atom is -0.508 e. The van der Waals surface area contributed by atoms with Crippen LogP contribution in [-0.2, 0) is 14.3 Å². The van der Waals surface area contributed by atoms with Crippen molar-refractivity contribution >= 4 is 5.97 Å². The molecule has 22 heavy (non-hydrogen) atoms. The molecule has 0 spiro atoms. The highest BCUT2D eigenvalue weighted by Gasteiger charge is 2.06. The van der Waals surface area contributed by atoms with Crippen LogP contribution < -0.4 is 4.74 Å². The fourth-order valence-electron chi connectivity index (χ4n) is 1.44. The molecule has 0 saturated heterocycles. The van der Waals surface area contributed by atoms with Crippen molar-refractivity contribution in [3.05, 3.63) is 36.1 Å². The number of aromatic hydroxyl groups is 1. The van der Waals surface area contributed by atoms with Crippen molar-refractivity contribution in [2.45, 2.75) is 33.1 Å². The van der Waals surface area contributed by atoms with E-state index >= 15 is 0 Å². The van der Waals surface area contributed by atoms with Gasteiger partial charge in [0.1, 0.15) is 17.8 Å². The molecule has 2 rings (SSSR count). The third kappa shape index (κ3) is 8.32. The van der Waals surface area contributed by atoms with Crippen molar-refractivity contribution in [2.24, 2.45) is 0 Å². The Balaban J connectivity index is 0.000000451. The van der Waals surface area contributed by atoms with Crippen LogP contribution in [0.15, 0.2) is 30.5 Å². The quantitative estimate of drug-likeness (QED) is 0.860. The number of carbonyl (C=O) groups excluding carboxylic acids is 1. The summed E-state index contributed by atoms with van der Waals surface area (Å²) in [5.74, 6) is 1.17. The minimum atomic E-state index is -0.245. The molecular weight excluding hydrogens is 284 g/mol. The maximum absolute atomic E-state index is 9.68. The van der Waals surface area contributed by atoms with Gasteiger partial charge in [-0.25, -0.2) is 4.79 Å². The summed E-state index contributed by atoms with van der Waals surface area (Å²) in [7, 11) is 3.25. The smallest absolute Gasteiger partial charge is 0.338 e. The first-order valence-electron chi connectivity index (χ1n) is 7.19. The van der Waals surface area contributed by atoms with E-state index < -0.39 is 0 Å². The first-order valence-corrected chi connectivity index (χ1v) is 7.19. The van der Waals surface area contributed by atoms with Gasteiger partial charge in [-0.1, -0.05) is 26.8 Å². The lowest BCUT2D eigenvalue weighted by Crippen LogP contribution is -2.01. The van der Waals surface area contributed by atoms with E-state index in [0.717, 1.165) is 17.7 Å². The van der Waals surface area contributed by atoms with Crippen LogP contribution in [-0.4, -0.2) is 31.9 Å². The Labute approximate surface area is 132 Å². The van der Waals surface area contributed by atoms with Crippen LogP contribution in [0.25, 0.3) is 0 Å². The number of benzene rings is 1. The highest BCUT2D eigenvalue weighted by molar-refractivity contribution is 5.86. The Morgan fingerprint density at radius 3 is 2.14 bits per heavy atom. The molecule has 0 amide bonds. The number of rotatable bonds is 4. The van der Waals surface area contributed by atoms with Gasteiger partial charge in [0.25, 0.3) is 0 Å². The third-order valence-electron chi connectivity index (χ3n) is 2.49. The molecule has 5 heteroatoms. The maximum Gasteiger partial charge on any atom is 0.338 e. The Bertz CT molecular complexity index is 466. The predicted octanol–water partition coefficient (Wildman–Crippen LogP) is 3.62. The molecule has 0 fully saturated rings. The summed E-state index contributed by atoms with van der Waals surface area (Å²) >= 11 is 0. The first kappa shape index (κ1) is 20.0. The predicted molar refractivity (Wildman–Crippen MR) is 86.1 cm³/mol. The van der Waals surface area contributed by atoms with Crippen molar-refractivity contribution in [2.75, 3.05) is 20.8 Å². The van der Waals surface area contributed by atoms with Gasteiger partial charge in [0, 0.05) is 20.3 Å². The van der Waals surface area contributed by atoms with Crippen molar-refractivity contribution in [1.82, 2.24) is 0 Å². The number of phenolic OH excluding ortho intramolecular Hbond substituents is 1. The summed E-state index contributed by atoms with van der Waals surface area (Å²) in [6.45, 7) is 6.87. The van der Waals surface area contributed by atoms with Crippen molar-refractivity contribution in [3.63, 3.8) is 0 Å². The van der Waals surface area contributed by atoms with Gasteiger partial charge >= 0.3 is 5.97 Å². The Morgan fingerprint density at radius 2 is 1.82 bits per heavy atom. The summed E-state index contributed by atoms with van der Waals surface area (Å²) in [6, 6.07) is 5.51.